The van der Waals surface area contributed by atoms with Crippen molar-refractivity contribution in [3.05, 3.63) is 75.7 Å². The zero-order valence-corrected chi connectivity index (χ0v) is 20.4. The number of rotatable bonds is 9. The Bertz CT molecular complexity index is 1090. The molecule has 2 amide bonds. The van der Waals surface area contributed by atoms with Crippen molar-refractivity contribution >= 4 is 50.1 Å². The van der Waals surface area contributed by atoms with Gasteiger partial charge in [0.05, 0.1) is 4.47 Å². The smallest absolute Gasteiger partial charge is 0.261 e. The molecule has 0 heterocycles. The molecule has 32 heavy (non-hydrogen) atoms. The third-order valence-corrected chi connectivity index (χ3v) is 6.23. The molecule has 5 nitrogen and oxygen atoms in total. The van der Waals surface area contributed by atoms with E-state index in [1.165, 1.54) is 4.90 Å². The summed E-state index contributed by atoms with van der Waals surface area (Å²) in [6.45, 7) is 4.36. The minimum atomic E-state index is -0.645. The average molecular weight is 518 g/mol. The van der Waals surface area contributed by atoms with Crippen molar-refractivity contribution in [1.29, 1.82) is 0 Å². The number of hydrogen-bond acceptors (Lipinski definition) is 3. The lowest BCUT2D eigenvalue weighted by molar-refractivity contribution is -0.142. The van der Waals surface area contributed by atoms with Crippen molar-refractivity contribution in [3.63, 3.8) is 0 Å². The number of fused-ring (bicyclic) bond motifs is 1. The van der Waals surface area contributed by atoms with Gasteiger partial charge in [-0.3, -0.25) is 9.59 Å². The number of carbonyl (C=O) groups is 2. The van der Waals surface area contributed by atoms with Crippen molar-refractivity contribution in [3.8, 4) is 5.75 Å². The average Bonchev–Trinajstić information content (AvgIpc) is 2.81. The van der Waals surface area contributed by atoms with E-state index in [-0.39, 0.29) is 25.0 Å². The second kappa shape index (κ2) is 11.3. The van der Waals surface area contributed by atoms with Gasteiger partial charge in [-0.1, -0.05) is 61.0 Å². The molecule has 0 aliphatic rings. The van der Waals surface area contributed by atoms with Crippen LogP contribution in [0.3, 0.4) is 0 Å². The fourth-order valence-electron chi connectivity index (χ4n) is 3.31. The van der Waals surface area contributed by atoms with Gasteiger partial charge in [-0.25, -0.2) is 0 Å². The van der Waals surface area contributed by atoms with Crippen LogP contribution >= 0.6 is 27.5 Å². The molecule has 0 spiro atoms. The SMILES string of the molecule is CCCNC(=O)[C@@H](C)N(Cc1ccc(Cl)cc1)C(=O)COc1ccc2ccccc2c1Br. The zero-order valence-electron chi connectivity index (χ0n) is 18.1. The maximum Gasteiger partial charge on any atom is 0.261 e. The molecule has 0 fully saturated rings. The summed E-state index contributed by atoms with van der Waals surface area (Å²) in [5.41, 5.74) is 0.879. The topological polar surface area (TPSA) is 58.6 Å². The molecule has 3 aromatic rings. The van der Waals surface area contributed by atoms with E-state index in [0.717, 1.165) is 27.2 Å². The molecule has 0 unspecified atom stereocenters. The van der Waals surface area contributed by atoms with Gasteiger partial charge in [0.2, 0.25) is 5.91 Å². The number of halogens is 2. The quantitative estimate of drug-likeness (QED) is 0.403. The summed E-state index contributed by atoms with van der Waals surface area (Å²) in [7, 11) is 0. The Hall–Kier alpha value is -2.57. The highest BCUT2D eigenvalue weighted by Crippen LogP contribution is 2.33. The second-order valence-corrected chi connectivity index (χ2v) is 8.73. The van der Waals surface area contributed by atoms with Gasteiger partial charge in [0, 0.05) is 18.1 Å². The van der Waals surface area contributed by atoms with Crippen LogP contribution in [0.5, 0.6) is 5.75 Å². The summed E-state index contributed by atoms with van der Waals surface area (Å²) in [5.74, 6) is 0.104. The van der Waals surface area contributed by atoms with Crippen LogP contribution in [0.15, 0.2) is 65.1 Å². The minimum absolute atomic E-state index is 0.185. The van der Waals surface area contributed by atoms with Crippen molar-refractivity contribution < 1.29 is 14.3 Å². The highest BCUT2D eigenvalue weighted by Gasteiger charge is 2.26. The van der Waals surface area contributed by atoms with Crippen LogP contribution in [-0.2, 0) is 16.1 Å². The van der Waals surface area contributed by atoms with Gasteiger partial charge < -0.3 is 15.0 Å². The number of nitrogens with zero attached hydrogens (tertiary/aromatic N) is 1. The van der Waals surface area contributed by atoms with Gasteiger partial charge in [0.15, 0.2) is 6.61 Å². The van der Waals surface area contributed by atoms with Gasteiger partial charge in [-0.05, 0) is 63.8 Å². The van der Waals surface area contributed by atoms with E-state index in [1.54, 1.807) is 19.1 Å². The van der Waals surface area contributed by atoms with Crippen LogP contribution in [0.1, 0.15) is 25.8 Å². The number of ether oxygens (including phenoxy) is 1. The first kappa shape index (κ1) is 24.1. The van der Waals surface area contributed by atoms with Gasteiger partial charge in [-0.2, -0.15) is 0 Å². The molecule has 3 aromatic carbocycles. The van der Waals surface area contributed by atoms with Crippen molar-refractivity contribution in [2.75, 3.05) is 13.2 Å². The lowest BCUT2D eigenvalue weighted by atomic mass is 10.1. The molecule has 1 N–H and O–H groups in total. The van der Waals surface area contributed by atoms with E-state index in [1.807, 2.05) is 55.5 Å². The van der Waals surface area contributed by atoms with E-state index >= 15 is 0 Å². The zero-order chi connectivity index (χ0) is 23.1. The van der Waals surface area contributed by atoms with Crippen LogP contribution in [0.2, 0.25) is 5.02 Å². The van der Waals surface area contributed by atoms with Crippen LogP contribution in [-0.4, -0.2) is 35.9 Å². The van der Waals surface area contributed by atoms with Crippen LogP contribution in [0.4, 0.5) is 0 Å². The fourth-order valence-corrected chi connectivity index (χ4v) is 4.05. The molecular weight excluding hydrogens is 492 g/mol. The number of benzene rings is 3. The van der Waals surface area contributed by atoms with E-state index in [2.05, 4.69) is 21.2 Å². The predicted octanol–water partition coefficient (Wildman–Crippen LogP) is 5.58. The standard InChI is InChI=1S/C25H26BrClN2O3/c1-3-14-28-25(31)17(2)29(15-18-8-11-20(27)12-9-18)23(30)16-32-22-13-10-19-6-4-5-7-21(19)24(22)26/h4-13,17H,3,14-16H2,1-2H3,(H,28,31)/t17-/m1/s1. The molecule has 1 atom stereocenters. The third-order valence-electron chi connectivity index (χ3n) is 5.16. The Balaban J connectivity index is 1.77. The van der Waals surface area contributed by atoms with Crippen LogP contribution < -0.4 is 10.1 Å². The first-order valence-electron chi connectivity index (χ1n) is 10.5. The molecule has 0 saturated heterocycles. The Morgan fingerprint density at radius 2 is 1.81 bits per heavy atom. The molecule has 3 rings (SSSR count). The van der Waals surface area contributed by atoms with Crippen molar-refractivity contribution in [2.45, 2.75) is 32.9 Å². The van der Waals surface area contributed by atoms with Gasteiger partial charge in [0.1, 0.15) is 11.8 Å². The maximum atomic E-state index is 13.2. The van der Waals surface area contributed by atoms with E-state index < -0.39 is 6.04 Å². The second-order valence-electron chi connectivity index (χ2n) is 7.50. The summed E-state index contributed by atoms with van der Waals surface area (Å²) in [4.78, 5) is 27.3. The molecule has 0 aromatic heterocycles. The Labute approximate surface area is 201 Å². The highest BCUT2D eigenvalue weighted by molar-refractivity contribution is 9.10. The molecule has 0 aliphatic heterocycles. The lowest BCUT2D eigenvalue weighted by Gasteiger charge is -2.29. The lowest BCUT2D eigenvalue weighted by Crippen LogP contribution is -2.49. The molecular formula is C25H26BrClN2O3. The van der Waals surface area contributed by atoms with Gasteiger partial charge in [-0.15, -0.1) is 0 Å². The Morgan fingerprint density at radius 1 is 1.09 bits per heavy atom. The number of hydrogen-bond donors (Lipinski definition) is 1. The summed E-state index contributed by atoms with van der Waals surface area (Å²) in [6, 6.07) is 18.3. The predicted molar refractivity (Wildman–Crippen MR) is 132 cm³/mol. The van der Waals surface area contributed by atoms with Crippen LogP contribution in [0.25, 0.3) is 10.8 Å². The molecule has 0 aliphatic carbocycles. The van der Waals surface area contributed by atoms with Crippen molar-refractivity contribution in [1.82, 2.24) is 10.2 Å². The first-order chi connectivity index (χ1) is 15.4. The highest BCUT2D eigenvalue weighted by atomic mass is 79.9. The summed E-state index contributed by atoms with van der Waals surface area (Å²) >= 11 is 9.57. The molecule has 0 saturated carbocycles. The Kier molecular flexibility index (Phi) is 8.53. The van der Waals surface area contributed by atoms with Crippen LogP contribution in [0, 0.1) is 0 Å². The number of nitrogens with one attached hydrogen (secondary N) is 1. The summed E-state index contributed by atoms with van der Waals surface area (Å²) in [5, 5.41) is 5.55. The first-order valence-corrected chi connectivity index (χ1v) is 11.7. The number of carbonyl (C=O) groups excluding carboxylic acids is 2. The largest absolute Gasteiger partial charge is 0.483 e. The molecule has 0 bridgehead atoms. The fraction of sp³-hybridized carbons (Fsp3) is 0.280. The van der Waals surface area contributed by atoms with E-state index in [9.17, 15) is 9.59 Å². The summed E-state index contributed by atoms with van der Waals surface area (Å²) < 4.78 is 6.66. The monoisotopic (exact) mass is 516 g/mol. The molecule has 7 heteroatoms. The summed E-state index contributed by atoms with van der Waals surface area (Å²) in [6.07, 6.45) is 0.822. The normalized spacial score (nSPS) is 11.8. The maximum absolute atomic E-state index is 13.2. The van der Waals surface area contributed by atoms with E-state index in [4.69, 9.17) is 16.3 Å². The Morgan fingerprint density at radius 3 is 2.53 bits per heavy atom. The third kappa shape index (κ3) is 6.02. The van der Waals surface area contributed by atoms with Gasteiger partial charge >= 0.3 is 0 Å². The van der Waals surface area contributed by atoms with Crippen molar-refractivity contribution in [2.24, 2.45) is 0 Å². The number of amides is 2. The molecule has 168 valence electrons. The van der Waals surface area contributed by atoms with Gasteiger partial charge in [0.25, 0.3) is 5.91 Å². The molecule has 0 radical (unpaired) electrons. The van der Waals surface area contributed by atoms with E-state index in [0.29, 0.717) is 17.3 Å². The minimum Gasteiger partial charge on any atom is -0.483 e.